The van der Waals surface area contributed by atoms with Crippen LogP contribution in [0, 0.1) is 20.2 Å². The first-order valence-corrected chi connectivity index (χ1v) is 6.23. The van der Waals surface area contributed by atoms with E-state index >= 15 is 0 Å². The highest BCUT2D eigenvalue weighted by Crippen LogP contribution is 2.32. The summed E-state index contributed by atoms with van der Waals surface area (Å²) in [5, 5.41) is 42.0. The Morgan fingerprint density at radius 3 is 2.26 bits per heavy atom. The van der Waals surface area contributed by atoms with E-state index in [-0.39, 0.29) is 12.1 Å². The highest BCUT2D eigenvalue weighted by molar-refractivity contribution is 5.84. The predicted molar refractivity (Wildman–Crippen MR) is 76.3 cm³/mol. The molecule has 0 heterocycles. The molecule has 0 aliphatic carbocycles. The predicted octanol–water partition coefficient (Wildman–Crippen LogP) is 1.62. The molecule has 0 aliphatic rings. The molecule has 1 unspecified atom stereocenters. The van der Waals surface area contributed by atoms with E-state index < -0.39 is 45.1 Å². The fourth-order valence-electron chi connectivity index (χ4n) is 1.77. The zero-order chi connectivity index (χ0) is 17.8. The molecule has 0 aromatic heterocycles. The summed E-state index contributed by atoms with van der Waals surface area (Å²) < 4.78 is 0. The van der Waals surface area contributed by atoms with Gasteiger partial charge in [0, 0.05) is 12.5 Å². The molecule has 0 fully saturated rings. The lowest BCUT2D eigenvalue weighted by Crippen LogP contribution is -2.44. The third-order valence-corrected chi connectivity index (χ3v) is 3.11. The normalized spacial score (nSPS) is 12.9. The number of hydrogen-bond donors (Lipinski definition) is 3. The molecule has 0 aliphatic heterocycles. The Morgan fingerprint density at radius 1 is 1.22 bits per heavy atom. The summed E-state index contributed by atoms with van der Waals surface area (Å²) in [6, 6.07) is 2.69. The molecule has 1 rings (SSSR count). The van der Waals surface area contributed by atoms with E-state index in [4.69, 9.17) is 5.11 Å². The lowest BCUT2D eigenvalue weighted by molar-refractivity contribution is -0.393. The first-order chi connectivity index (χ1) is 10.6. The van der Waals surface area contributed by atoms with Gasteiger partial charge in [-0.05, 0) is 19.4 Å². The highest BCUT2D eigenvalue weighted by Gasteiger charge is 2.35. The molecular formula is C12H13N3O8. The van der Waals surface area contributed by atoms with E-state index in [0.717, 1.165) is 12.1 Å². The Kier molecular flexibility index (Phi) is 5.17. The van der Waals surface area contributed by atoms with E-state index in [9.17, 15) is 34.9 Å². The summed E-state index contributed by atoms with van der Waals surface area (Å²) in [6.45, 7) is 1.17. The van der Waals surface area contributed by atoms with Crippen LogP contribution in [0.15, 0.2) is 18.2 Å². The fraction of sp³-hybridized carbons (Fsp3) is 0.333. The molecule has 23 heavy (non-hydrogen) atoms. The van der Waals surface area contributed by atoms with Crippen LogP contribution >= 0.6 is 0 Å². The van der Waals surface area contributed by atoms with Crippen molar-refractivity contribution in [2.45, 2.75) is 25.3 Å². The molecule has 0 bridgehead atoms. The second-order valence-corrected chi connectivity index (χ2v) is 4.87. The summed E-state index contributed by atoms with van der Waals surface area (Å²) in [6.07, 6.45) is -0.817. The topological polar surface area (TPSA) is 173 Å². The van der Waals surface area contributed by atoms with E-state index in [2.05, 4.69) is 5.32 Å². The van der Waals surface area contributed by atoms with Crippen molar-refractivity contribution in [1.82, 2.24) is 0 Å². The van der Waals surface area contributed by atoms with Crippen molar-refractivity contribution in [3.63, 3.8) is 0 Å². The molecule has 0 radical (unpaired) electrons. The lowest BCUT2D eigenvalue weighted by Gasteiger charge is -2.26. The Hall–Kier alpha value is -3.24. The molecule has 1 aromatic rings. The average molecular weight is 327 g/mol. The van der Waals surface area contributed by atoms with E-state index in [1.54, 1.807) is 0 Å². The van der Waals surface area contributed by atoms with Gasteiger partial charge in [0.1, 0.15) is 11.2 Å². The molecule has 0 spiro atoms. The first kappa shape index (κ1) is 17.8. The largest absolute Gasteiger partial charge is 0.481 e. The summed E-state index contributed by atoms with van der Waals surface area (Å²) >= 11 is 0. The molecule has 0 saturated heterocycles. The van der Waals surface area contributed by atoms with Crippen molar-refractivity contribution < 1.29 is 29.6 Å². The van der Waals surface area contributed by atoms with Crippen molar-refractivity contribution in [2.24, 2.45) is 0 Å². The molecule has 11 nitrogen and oxygen atoms in total. The van der Waals surface area contributed by atoms with Crippen LogP contribution in [0.3, 0.4) is 0 Å². The molecule has 3 N–H and O–H groups in total. The SMILES string of the molecule is CC(CCC(=O)O)(Nc1ccc([N+](=O)[O-])cc1[N+](=O)[O-])C(=O)O. The van der Waals surface area contributed by atoms with Gasteiger partial charge in [-0.1, -0.05) is 0 Å². The Balaban J connectivity index is 3.22. The number of aliphatic carboxylic acids is 2. The number of nitrogens with zero attached hydrogens (tertiary/aromatic N) is 2. The van der Waals surface area contributed by atoms with Crippen LogP contribution in [-0.4, -0.2) is 37.5 Å². The third kappa shape index (κ3) is 4.36. The fourth-order valence-corrected chi connectivity index (χ4v) is 1.77. The Labute approximate surface area is 128 Å². The standard InChI is InChI=1S/C12H13N3O8/c1-12(11(18)19,5-4-10(16)17)13-8-3-2-7(14(20)21)6-9(8)15(22)23/h2-3,6,13H,4-5H2,1H3,(H,16,17)(H,18,19). The summed E-state index contributed by atoms with van der Waals surface area (Å²) in [7, 11) is 0. The van der Waals surface area contributed by atoms with Crippen molar-refractivity contribution in [3.05, 3.63) is 38.4 Å². The molecular weight excluding hydrogens is 314 g/mol. The monoisotopic (exact) mass is 327 g/mol. The number of nitro groups is 2. The summed E-state index contributed by atoms with van der Waals surface area (Å²) in [4.78, 5) is 41.9. The Morgan fingerprint density at radius 2 is 1.83 bits per heavy atom. The zero-order valence-corrected chi connectivity index (χ0v) is 11.9. The van der Waals surface area contributed by atoms with Crippen LogP contribution in [0.25, 0.3) is 0 Å². The summed E-state index contributed by atoms with van der Waals surface area (Å²) in [5.41, 5.74) is -3.25. The van der Waals surface area contributed by atoms with Gasteiger partial charge in [-0.2, -0.15) is 0 Å². The molecule has 0 saturated carbocycles. The van der Waals surface area contributed by atoms with Crippen molar-refractivity contribution in [2.75, 3.05) is 5.32 Å². The number of hydrogen-bond acceptors (Lipinski definition) is 7. The summed E-state index contributed by atoms with van der Waals surface area (Å²) in [5.74, 6) is -2.64. The van der Waals surface area contributed by atoms with Gasteiger partial charge in [0.25, 0.3) is 11.4 Å². The second-order valence-electron chi connectivity index (χ2n) is 4.87. The minimum atomic E-state index is -1.79. The maximum Gasteiger partial charge on any atom is 0.329 e. The van der Waals surface area contributed by atoms with Crippen LogP contribution in [-0.2, 0) is 9.59 Å². The quantitative estimate of drug-likeness (QED) is 0.473. The number of anilines is 1. The number of rotatable bonds is 8. The van der Waals surface area contributed by atoms with Crippen molar-refractivity contribution in [3.8, 4) is 0 Å². The molecule has 0 amide bonds. The van der Waals surface area contributed by atoms with Crippen LogP contribution < -0.4 is 5.32 Å². The van der Waals surface area contributed by atoms with Gasteiger partial charge in [-0.25, -0.2) is 4.79 Å². The second kappa shape index (κ2) is 6.68. The van der Waals surface area contributed by atoms with Crippen LogP contribution in [0.2, 0.25) is 0 Å². The number of nitrogens with one attached hydrogen (secondary N) is 1. The molecule has 11 heteroatoms. The van der Waals surface area contributed by atoms with Gasteiger partial charge in [-0.15, -0.1) is 0 Å². The zero-order valence-electron chi connectivity index (χ0n) is 11.9. The molecule has 1 atom stereocenters. The number of benzene rings is 1. The number of carbonyl (C=O) groups is 2. The van der Waals surface area contributed by atoms with Crippen LogP contribution in [0.4, 0.5) is 17.1 Å². The number of non-ortho nitro benzene ring substituents is 1. The maximum absolute atomic E-state index is 11.4. The molecule has 124 valence electrons. The van der Waals surface area contributed by atoms with Crippen molar-refractivity contribution in [1.29, 1.82) is 0 Å². The van der Waals surface area contributed by atoms with Gasteiger partial charge >= 0.3 is 11.9 Å². The number of nitro benzene ring substituents is 2. The average Bonchev–Trinajstić information content (AvgIpc) is 2.44. The van der Waals surface area contributed by atoms with Crippen LogP contribution in [0.5, 0.6) is 0 Å². The van der Waals surface area contributed by atoms with Gasteiger partial charge in [0.15, 0.2) is 0 Å². The Bertz CT molecular complexity index is 674. The smallest absolute Gasteiger partial charge is 0.329 e. The first-order valence-electron chi connectivity index (χ1n) is 6.23. The number of carboxylic acids is 2. The van der Waals surface area contributed by atoms with Gasteiger partial charge in [0.05, 0.1) is 15.9 Å². The lowest BCUT2D eigenvalue weighted by atomic mass is 9.95. The van der Waals surface area contributed by atoms with Crippen LogP contribution in [0.1, 0.15) is 19.8 Å². The van der Waals surface area contributed by atoms with E-state index in [1.165, 1.54) is 6.92 Å². The maximum atomic E-state index is 11.4. The highest BCUT2D eigenvalue weighted by atomic mass is 16.6. The van der Waals surface area contributed by atoms with Gasteiger partial charge in [-0.3, -0.25) is 25.0 Å². The minimum Gasteiger partial charge on any atom is -0.481 e. The van der Waals surface area contributed by atoms with Gasteiger partial charge in [0.2, 0.25) is 0 Å². The minimum absolute atomic E-state index is 0.254. The van der Waals surface area contributed by atoms with Gasteiger partial charge < -0.3 is 15.5 Å². The number of carboxylic acid groups (broad SMARTS) is 2. The van der Waals surface area contributed by atoms with E-state index in [1.807, 2.05) is 0 Å². The molecule has 1 aromatic carbocycles. The van der Waals surface area contributed by atoms with Crippen molar-refractivity contribution >= 4 is 29.0 Å². The third-order valence-electron chi connectivity index (χ3n) is 3.11. The van der Waals surface area contributed by atoms with E-state index in [0.29, 0.717) is 6.07 Å².